The van der Waals surface area contributed by atoms with Crippen LogP contribution < -0.4 is 14.8 Å². The molecule has 1 heterocycles. The van der Waals surface area contributed by atoms with Crippen LogP contribution in [0.25, 0.3) is 0 Å². The summed E-state index contributed by atoms with van der Waals surface area (Å²) < 4.78 is 30.8. The van der Waals surface area contributed by atoms with Gasteiger partial charge in [-0.2, -0.15) is 0 Å². The van der Waals surface area contributed by atoms with Gasteiger partial charge in [0.25, 0.3) is 0 Å². The predicted molar refractivity (Wildman–Crippen MR) is 145 cm³/mol. The molecule has 0 amide bonds. The molecule has 1 N–H and O–H groups in total. The first kappa shape index (κ1) is 26.2. The van der Waals surface area contributed by atoms with Crippen molar-refractivity contribution in [3.05, 3.63) is 118 Å². The van der Waals surface area contributed by atoms with Gasteiger partial charge in [-0.1, -0.05) is 42.5 Å². The van der Waals surface area contributed by atoms with Crippen molar-refractivity contribution in [2.75, 3.05) is 20.3 Å². The molecule has 0 bridgehead atoms. The summed E-state index contributed by atoms with van der Waals surface area (Å²) in [5.41, 5.74) is 3.69. The molecule has 3 aromatic rings. The van der Waals surface area contributed by atoms with Crippen LogP contribution in [-0.4, -0.2) is 32.1 Å². The molecular weight excluding hydrogens is 497 g/mol. The van der Waals surface area contributed by atoms with Gasteiger partial charge in [0.1, 0.15) is 30.5 Å². The highest BCUT2D eigenvalue weighted by molar-refractivity contribution is 6.04. The van der Waals surface area contributed by atoms with Crippen molar-refractivity contribution in [3.8, 4) is 11.5 Å². The SMILES string of the molecule is COc1ccc(C2CC(=O)C3=C(C2)NC(C)=C(C(=O)OCCOc2ccccc2)C3c2cccc(F)c2)cc1. The van der Waals surface area contributed by atoms with Crippen molar-refractivity contribution in [1.82, 2.24) is 5.32 Å². The van der Waals surface area contributed by atoms with Crippen LogP contribution in [0.15, 0.2) is 101 Å². The van der Waals surface area contributed by atoms with E-state index in [-0.39, 0.29) is 31.3 Å². The van der Waals surface area contributed by atoms with E-state index < -0.39 is 17.7 Å². The Balaban J connectivity index is 1.41. The van der Waals surface area contributed by atoms with E-state index in [1.807, 2.05) is 54.6 Å². The minimum absolute atomic E-state index is 0.0276. The maximum Gasteiger partial charge on any atom is 0.336 e. The number of allylic oxidation sites excluding steroid dienone is 3. The summed E-state index contributed by atoms with van der Waals surface area (Å²) in [5, 5.41) is 3.32. The zero-order valence-corrected chi connectivity index (χ0v) is 21.9. The molecule has 0 radical (unpaired) electrons. The number of halogens is 1. The Morgan fingerprint density at radius 2 is 1.69 bits per heavy atom. The van der Waals surface area contributed by atoms with Gasteiger partial charge in [-0.3, -0.25) is 4.79 Å². The molecule has 7 heteroatoms. The van der Waals surface area contributed by atoms with Crippen molar-refractivity contribution in [2.45, 2.75) is 31.6 Å². The fraction of sp³-hybridized carbons (Fsp3) is 0.250. The topological polar surface area (TPSA) is 73.9 Å². The first-order valence-corrected chi connectivity index (χ1v) is 12.9. The quantitative estimate of drug-likeness (QED) is 0.294. The number of rotatable bonds is 8. The van der Waals surface area contributed by atoms with Gasteiger partial charge in [-0.25, -0.2) is 9.18 Å². The number of carbonyl (C=O) groups excluding carboxylic acids is 2. The second kappa shape index (κ2) is 11.6. The lowest BCUT2D eigenvalue weighted by Gasteiger charge is -2.36. The molecule has 1 aliphatic carbocycles. The number of Topliss-reactive ketones (excluding diaryl/α,β-unsaturated/α-hetero) is 1. The van der Waals surface area contributed by atoms with Crippen LogP contribution in [0, 0.1) is 5.82 Å². The monoisotopic (exact) mass is 527 g/mol. The molecule has 2 aliphatic rings. The zero-order chi connectivity index (χ0) is 27.4. The van der Waals surface area contributed by atoms with Crippen LogP contribution in [0.5, 0.6) is 11.5 Å². The number of ketones is 1. The summed E-state index contributed by atoms with van der Waals surface area (Å²) in [6.45, 7) is 1.99. The van der Waals surface area contributed by atoms with E-state index in [2.05, 4.69) is 5.32 Å². The van der Waals surface area contributed by atoms with E-state index in [0.29, 0.717) is 34.6 Å². The summed E-state index contributed by atoms with van der Waals surface area (Å²) >= 11 is 0. The van der Waals surface area contributed by atoms with E-state index >= 15 is 0 Å². The van der Waals surface area contributed by atoms with Crippen molar-refractivity contribution in [1.29, 1.82) is 0 Å². The van der Waals surface area contributed by atoms with Crippen LogP contribution >= 0.6 is 0 Å². The first-order chi connectivity index (χ1) is 18.9. The Morgan fingerprint density at radius 3 is 2.41 bits per heavy atom. The Bertz CT molecular complexity index is 1430. The summed E-state index contributed by atoms with van der Waals surface area (Å²) in [4.78, 5) is 27.1. The number of methoxy groups -OCH3 is 1. The standard InChI is InChI=1S/C32H30FNO5/c1-20-29(32(36)39-16-15-38-26-9-4-3-5-10-26)30(22-7-6-8-24(33)17-22)31-27(34-20)18-23(19-28(31)35)21-11-13-25(37-2)14-12-21/h3-14,17,23,30,34H,15-16,18-19H2,1-2H3. The first-order valence-electron chi connectivity index (χ1n) is 12.9. The number of para-hydroxylation sites is 1. The average Bonchev–Trinajstić information content (AvgIpc) is 2.95. The number of esters is 1. The van der Waals surface area contributed by atoms with E-state index in [1.54, 1.807) is 26.2 Å². The number of hydrogen-bond donors (Lipinski definition) is 1. The molecule has 0 spiro atoms. The van der Waals surface area contributed by atoms with Crippen LogP contribution in [0.4, 0.5) is 4.39 Å². The zero-order valence-electron chi connectivity index (χ0n) is 21.9. The lowest BCUT2D eigenvalue weighted by Crippen LogP contribution is -2.36. The summed E-state index contributed by atoms with van der Waals surface area (Å²) in [7, 11) is 1.61. The van der Waals surface area contributed by atoms with Gasteiger partial charge in [-0.05, 0) is 66.8 Å². The van der Waals surface area contributed by atoms with Crippen molar-refractivity contribution < 1.29 is 28.2 Å². The number of hydrogen-bond acceptors (Lipinski definition) is 6. The second-order valence-corrected chi connectivity index (χ2v) is 9.64. The molecule has 2 unspecified atom stereocenters. The van der Waals surface area contributed by atoms with E-state index in [0.717, 1.165) is 17.0 Å². The van der Waals surface area contributed by atoms with Crippen LogP contribution in [0.1, 0.15) is 42.7 Å². The molecule has 6 nitrogen and oxygen atoms in total. The highest BCUT2D eigenvalue weighted by Gasteiger charge is 2.41. The predicted octanol–water partition coefficient (Wildman–Crippen LogP) is 5.82. The Labute approximate surface area is 227 Å². The molecule has 1 aliphatic heterocycles. The molecule has 39 heavy (non-hydrogen) atoms. The Hall–Kier alpha value is -4.39. The summed E-state index contributed by atoms with van der Waals surface area (Å²) in [6, 6.07) is 23.0. The van der Waals surface area contributed by atoms with E-state index in [1.165, 1.54) is 12.1 Å². The maximum atomic E-state index is 14.3. The number of dihydropyridines is 1. The molecule has 0 saturated heterocycles. The molecule has 0 fully saturated rings. The van der Waals surface area contributed by atoms with Gasteiger partial charge in [0.15, 0.2) is 5.78 Å². The number of carbonyl (C=O) groups is 2. The highest BCUT2D eigenvalue weighted by Crippen LogP contribution is 2.45. The fourth-order valence-electron chi connectivity index (χ4n) is 5.33. The third kappa shape index (κ3) is 5.72. The Morgan fingerprint density at radius 1 is 0.923 bits per heavy atom. The summed E-state index contributed by atoms with van der Waals surface area (Å²) in [6.07, 6.45) is 0.870. The van der Waals surface area contributed by atoms with Gasteiger partial charge < -0.3 is 19.5 Å². The molecule has 200 valence electrons. The van der Waals surface area contributed by atoms with Crippen LogP contribution in [0.3, 0.4) is 0 Å². The highest BCUT2D eigenvalue weighted by atomic mass is 19.1. The summed E-state index contributed by atoms with van der Waals surface area (Å²) in [5.74, 6) is -0.419. The third-order valence-electron chi connectivity index (χ3n) is 7.15. The van der Waals surface area contributed by atoms with Crippen molar-refractivity contribution in [3.63, 3.8) is 0 Å². The third-order valence-corrected chi connectivity index (χ3v) is 7.15. The lowest BCUT2D eigenvalue weighted by molar-refractivity contribution is -0.140. The minimum atomic E-state index is -0.733. The second-order valence-electron chi connectivity index (χ2n) is 9.64. The van der Waals surface area contributed by atoms with Crippen LogP contribution in [-0.2, 0) is 14.3 Å². The molecular formula is C32H30FNO5. The molecule has 5 rings (SSSR count). The normalized spacial score (nSPS) is 18.8. The van der Waals surface area contributed by atoms with Gasteiger partial charge in [0.05, 0.1) is 12.7 Å². The van der Waals surface area contributed by atoms with Crippen molar-refractivity contribution >= 4 is 11.8 Å². The van der Waals surface area contributed by atoms with Gasteiger partial charge in [0.2, 0.25) is 0 Å². The molecule has 2 atom stereocenters. The minimum Gasteiger partial charge on any atom is -0.497 e. The van der Waals surface area contributed by atoms with Gasteiger partial charge >= 0.3 is 5.97 Å². The molecule has 0 aromatic heterocycles. The van der Waals surface area contributed by atoms with Crippen LogP contribution in [0.2, 0.25) is 0 Å². The van der Waals surface area contributed by atoms with Gasteiger partial charge in [-0.15, -0.1) is 0 Å². The lowest BCUT2D eigenvalue weighted by atomic mass is 9.71. The number of benzene rings is 3. The fourth-order valence-corrected chi connectivity index (χ4v) is 5.33. The number of ether oxygens (including phenoxy) is 3. The maximum absolute atomic E-state index is 14.3. The average molecular weight is 528 g/mol. The Kier molecular flexibility index (Phi) is 7.77. The largest absolute Gasteiger partial charge is 0.497 e. The number of nitrogens with one attached hydrogen (secondary N) is 1. The van der Waals surface area contributed by atoms with E-state index in [4.69, 9.17) is 14.2 Å². The molecule has 0 saturated carbocycles. The molecule has 3 aromatic carbocycles. The van der Waals surface area contributed by atoms with Gasteiger partial charge in [0, 0.05) is 29.3 Å². The smallest absolute Gasteiger partial charge is 0.336 e. The van der Waals surface area contributed by atoms with E-state index in [9.17, 15) is 14.0 Å². The van der Waals surface area contributed by atoms with Crippen molar-refractivity contribution in [2.24, 2.45) is 0 Å².